The monoisotopic (exact) mass is 404 g/mol. The molecule has 1 aliphatic carbocycles. The Labute approximate surface area is 170 Å². The molecule has 4 aromatic rings. The second kappa shape index (κ2) is 6.45. The third-order valence-electron chi connectivity index (χ3n) is 6.06. The molecule has 3 atom stereocenters. The molecule has 2 fully saturated rings. The van der Waals surface area contributed by atoms with Crippen molar-refractivity contribution in [3.63, 3.8) is 0 Å². The van der Waals surface area contributed by atoms with Crippen LogP contribution in [0.15, 0.2) is 58.1 Å². The van der Waals surface area contributed by atoms with Crippen molar-refractivity contribution in [1.29, 1.82) is 0 Å². The van der Waals surface area contributed by atoms with Gasteiger partial charge < -0.3 is 9.42 Å². The summed E-state index contributed by atoms with van der Waals surface area (Å²) < 4.78 is 20.2. The van der Waals surface area contributed by atoms with Gasteiger partial charge in [0.1, 0.15) is 12.4 Å². The predicted octanol–water partition coefficient (Wildman–Crippen LogP) is 2.21. The smallest absolute Gasteiger partial charge is 0.276 e. The average Bonchev–Trinajstić information content (AvgIpc) is 3.10. The lowest BCUT2D eigenvalue weighted by atomic mass is 10.2. The van der Waals surface area contributed by atoms with E-state index in [2.05, 4.69) is 25.1 Å². The maximum atomic E-state index is 13.5. The Morgan fingerprint density at radius 3 is 2.87 bits per heavy atom. The number of benzene rings is 1. The van der Waals surface area contributed by atoms with E-state index in [1.807, 2.05) is 6.07 Å². The molecule has 1 saturated heterocycles. The van der Waals surface area contributed by atoms with Crippen molar-refractivity contribution in [2.75, 3.05) is 18.0 Å². The molecule has 3 aromatic heterocycles. The fourth-order valence-electron chi connectivity index (χ4n) is 4.52. The summed E-state index contributed by atoms with van der Waals surface area (Å²) in [6.07, 6.45) is 3.18. The van der Waals surface area contributed by atoms with Gasteiger partial charge in [0.05, 0.1) is 17.1 Å². The van der Waals surface area contributed by atoms with Crippen LogP contribution < -0.4 is 10.5 Å². The first kappa shape index (κ1) is 17.3. The summed E-state index contributed by atoms with van der Waals surface area (Å²) in [6.45, 7) is 1.82. The molecule has 0 amide bonds. The van der Waals surface area contributed by atoms with Crippen LogP contribution in [0.1, 0.15) is 17.6 Å². The molecule has 4 heterocycles. The molecule has 9 heteroatoms. The van der Waals surface area contributed by atoms with Crippen molar-refractivity contribution in [3.8, 4) is 0 Å². The molecule has 1 aliphatic heterocycles. The highest BCUT2D eigenvalue weighted by Crippen LogP contribution is 2.57. The second-order valence-electron chi connectivity index (χ2n) is 7.83. The molecule has 0 N–H and O–H groups in total. The highest BCUT2D eigenvalue weighted by atomic mass is 19.1. The van der Waals surface area contributed by atoms with Gasteiger partial charge in [0, 0.05) is 30.9 Å². The van der Waals surface area contributed by atoms with Gasteiger partial charge in [-0.1, -0.05) is 11.2 Å². The Kier molecular flexibility index (Phi) is 3.71. The number of rotatable bonds is 4. The molecule has 0 unspecified atom stereocenters. The van der Waals surface area contributed by atoms with E-state index < -0.39 is 0 Å². The first-order valence-electron chi connectivity index (χ1n) is 9.81. The van der Waals surface area contributed by atoms with Crippen LogP contribution in [0.3, 0.4) is 0 Å². The molecule has 150 valence electrons. The minimum atomic E-state index is -0.241. The minimum Gasteiger partial charge on any atom is -0.371 e. The number of fused-ring (bicyclic) bond motifs is 2. The van der Waals surface area contributed by atoms with E-state index in [-0.39, 0.29) is 23.8 Å². The van der Waals surface area contributed by atoms with Gasteiger partial charge in [-0.25, -0.2) is 9.07 Å². The molecule has 0 radical (unpaired) electrons. The number of anilines is 1. The highest BCUT2D eigenvalue weighted by Gasteiger charge is 2.58. The Balaban J connectivity index is 1.16. The van der Waals surface area contributed by atoms with Crippen molar-refractivity contribution in [1.82, 2.24) is 24.9 Å². The number of hydrogen-bond donors (Lipinski definition) is 0. The van der Waals surface area contributed by atoms with Gasteiger partial charge >= 0.3 is 0 Å². The summed E-state index contributed by atoms with van der Waals surface area (Å²) in [5.41, 5.74) is 1.22. The van der Waals surface area contributed by atoms with Gasteiger partial charge in [-0.05, 0) is 42.2 Å². The van der Waals surface area contributed by atoms with Gasteiger partial charge in [0.15, 0.2) is 5.82 Å². The summed E-state index contributed by atoms with van der Waals surface area (Å²) in [4.78, 5) is 23.4. The molecule has 1 aromatic carbocycles. The van der Waals surface area contributed by atoms with Crippen LogP contribution in [0.4, 0.5) is 10.1 Å². The zero-order valence-corrected chi connectivity index (χ0v) is 15.8. The summed E-state index contributed by atoms with van der Waals surface area (Å²) in [5.74, 6) is 1.93. The summed E-state index contributed by atoms with van der Waals surface area (Å²) in [7, 11) is 0. The largest absolute Gasteiger partial charge is 0.371 e. The Hall–Kier alpha value is -3.62. The highest BCUT2D eigenvalue weighted by molar-refractivity contribution is 5.75. The number of aromatic nitrogens is 5. The fraction of sp³-hybridized carbons (Fsp3) is 0.286. The number of pyridine rings is 1. The van der Waals surface area contributed by atoms with Crippen LogP contribution in [-0.4, -0.2) is 38.0 Å². The predicted molar refractivity (Wildman–Crippen MR) is 106 cm³/mol. The van der Waals surface area contributed by atoms with E-state index in [9.17, 15) is 9.18 Å². The summed E-state index contributed by atoms with van der Waals surface area (Å²) in [5, 5.41) is 8.80. The minimum absolute atomic E-state index is 0.119. The number of piperidine rings is 1. The maximum absolute atomic E-state index is 13.5. The molecule has 2 aliphatic rings. The quantitative estimate of drug-likeness (QED) is 0.515. The lowest BCUT2D eigenvalue weighted by Crippen LogP contribution is -2.24. The first-order chi connectivity index (χ1) is 14.7. The van der Waals surface area contributed by atoms with Gasteiger partial charge in [-0.2, -0.15) is 10.1 Å². The number of hydrogen-bond acceptors (Lipinski definition) is 7. The van der Waals surface area contributed by atoms with Crippen LogP contribution in [0.5, 0.6) is 0 Å². The van der Waals surface area contributed by atoms with E-state index >= 15 is 0 Å². The molecule has 8 nitrogen and oxygen atoms in total. The normalized spacial score (nSPS) is 22.4. The lowest BCUT2D eigenvalue weighted by Gasteiger charge is -2.21. The molecule has 1 saturated carbocycles. The number of nitrogens with zero attached hydrogens (tertiary/aromatic N) is 6. The zero-order valence-electron chi connectivity index (χ0n) is 15.8. The van der Waals surface area contributed by atoms with Gasteiger partial charge in [-0.15, -0.1) is 0 Å². The fourth-order valence-corrected chi connectivity index (χ4v) is 4.52. The Morgan fingerprint density at radius 2 is 2.03 bits per heavy atom. The lowest BCUT2D eigenvalue weighted by molar-refractivity contribution is 0.358. The van der Waals surface area contributed by atoms with Gasteiger partial charge in [-0.3, -0.25) is 9.78 Å². The van der Waals surface area contributed by atoms with Gasteiger partial charge in [0.25, 0.3) is 5.56 Å². The SMILES string of the molecule is O=c1c2cccnc2cnn1Cc1nc([C@H]2[C@@H]3CN(c4cccc(F)c4)C[C@@H]32)no1. The van der Waals surface area contributed by atoms with E-state index in [1.165, 1.54) is 10.7 Å². The van der Waals surface area contributed by atoms with Crippen LogP contribution in [0.25, 0.3) is 10.9 Å². The Bertz CT molecular complexity index is 1310. The van der Waals surface area contributed by atoms with Crippen LogP contribution in [0.2, 0.25) is 0 Å². The van der Waals surface area contributed by atoms with Crippen LogP contribution in [0, 0.1) is 17.7 Å². The molecule has 0 spiro atoms. The van der Waals surface area contributed by atoms with Crippen molar-refractivity contribution >= 4 is 16.6 Å². The standard InChI is InChI=1S/C21H17FN6O2/c22-12-3-1-4-13(7-12)27-9-15-16(10-27)19(15)20-25-18(30-26-20)11-28-21(29)14-5-2-6-23-17(14)8-24-28/h1-8,15-16,19H,9-11H2/t15-,16+,19+. The maximum Gasteiger partial charge on any atom is 0.276 e. The molecule has 6 rings (SSSR count). The van der Waals surface area contributed by atoms with Gasteiger partial charge in [0.2, 0.25) is 5.89 Å². The average molecular weight is 404 g/mol. The van der Waals surface area contributed by atoms with E-state index in [4.69, 9.17) is 4.52 Å². The molecule has 0 bridgehead atoms. The zero-order chi connectivity index (χ0) is 20.2. The molecule has 30 heavy (non-hydrogen) atoms. The van der Waals surface area contributed by atoms with Crippen molar-refractivity contribution in [3.05, 3.63) is 76.7 Å². The summed E-state index contributed by atoms with van der Waals surface area (Å²) in [6, 6.07) is 10.1. The number of halogens is 1. The van der Waals surface area contributed by atoms with Crippen molar-refractivity contribution in [2.45, 2.75) is 12.5 Å². The van der Waals surface area contributed by atoms with E-state index in [0.717, 1.165) is 18.8 Å². The molecular weight excluding hydrogens is 387 g/mol. The van der Waals surface area contributed by atoms with Crippen LogP contribution in [-0.2, 0) is 6.54 Å². The first-order valence-corrected chi connectivity index (χ1v) is 9.81. The third-order valence-corrected chi connectivity index (χ3v) is 6.06. The van der Waals surface area contributed by atoms with Crippen molar-refractivity contribution < 1.29 is 8.91 Å². The second-order valence-corrected chi connectivity index (χ2v) is 7.83. The van der Waals surface area contributed by atoms with E-state index in [0.29, 0.717) is 34.5 Å². The topological polar surface area (TPSA) is 89.9 Å². The summed E-state index contributed by atoms with van der Waals surface area (Å²) >= 11 is 0. The van der Waals surface area contributed by atoms with Crippen LogP contribution >= 0.6 is 0 Å². The molecular formula is C21H17FN6O2. The van der Waals surface area contributed by atoms with E-state index in [1.54, 1.807) is 36.7 Å². The Morgan fingerprint density at radius 1 is 1.17 bits per heavy atom. The van der Waals surface area contributed by atoms with Crippen molar-refractivity contribution in [2.24, 2.45) is 11.8 Å². The third kappa shape index (κ3) is 2.77.